The molecule has 1 aliphatic heterocycles. The maximum Gasteiger partial charge on any atom is 0.223 e. The maximum absolute atomic E-state index is 12.3. The second-order valence-corrected chi connectivity index (χ2v) is 6.21. The van der Waals surface area contributed by atoms with Gasteiger partial charge in [0.15, 0.2) is 0 Å². The first kappa shape index (κ1) is 12.9. The SMILES string of the molecule is CC1(C)C(O)CCCN1C(=O)CC1CCCC1. The smallest absolute Gasteiger partial charge is 0.223 e. The fourth-order valence-corrected chi connectivity index (χ4v) is 3.28. The van der Waals surface area contributed by atoms with Crippen LogP contribution in [0.25, 0.3) is 0 Å². The van der Waals surface area contributed by atoms with Gasteiger partial charge in [-0.2, -0.15) is 0 Å². The van der Waals surface area contributed by atoms with Crippen molar-refractivity contribution in [1.82, 2.24) is 4.90 Å². The van der Waals surface area contributed by atoms with Gasteiger partial charge < -0.3 is 10.0 Å². The van der Waals surface area contributed by atoms with E-state index in [1.54, 1.807) is 0 Å². The highest BCUT2D eigenvalue weighted by Crippen LogP contribution is 2.32. The van der Waals surface area contributed by atoms with Crippen LogP contribution in [0.3, 0.4) is 0 Å². The highest BCUT2D eigenvalue weighted by atomic mass is 16.3. The number of nitrogens with zero attached hydrogens (tertiary/aromatic N) is 1. The molecule has 0 spiro atoms. The molecule has 2 fully saturated rings. The molecule has 1 saturated carbocycles. The van der Waals surface area contributed by atoms with Crippen LogP contribution in [0.5, 0.6) is 0 Å². The summed E-state index contributed by atoms with van der Waals surface area (Å²) in [6.45, 7) is 4.79. The van der Waals surface area contributed by atoms with Crippen molar-refractivity contribution in [2.45, 2.75) is 70.4 Å². The van der Waals surface area contributed by atoms with Crippen LogP contribution in [-0.4, -0.2) is 34.1 Å². The van der Waals surface area contributed by atoms with Gasteiger partial charge in [-0.25, -0.2) is 0 Å². The lowest BCUT2D eigenvalue weighted by Gasteiger charge is -2.46. The van der Waals surface area contributed by atoms with E-state index < -0.39 is 0 Å². The number of carbonyl (C=O) groups is 1. The van der Waals surface area contributed by atoms with Crippen LogP contribution < -0.4 is 0 Å². The fourth-order valence-electron chi connectivity index (χ4n) is 3.28. The first-order valence-corrected chi connectivity index (χ1v) is 7.00. The average Bonchev–Trinajstić information content (AvgIpc) is 2.74. The van der Waals surface area contributed by atoms with E-state index in [1.807, 2.05) is 18.7 Å². The topological polar surface area (TPSA) is 40.5 Å². The van der Waals surface area contributed by atoms with Crippen LogP contribution in [-0.2, 0) is 4.79 Å². The first-order valence-electron chi connectivity index (χ1n) is 7.00. The summed E-state index contributed by atoms with van der Waals surface area (Å²) in [5.41, 5.74) is -0.381. The Bertz CT molecular complexity index is 282. The van der Waals surface area contributed by atoms with E-state index in [9.17, 15) is 9.90 Å². The van der Waals surface area contributed by atoms with Gasteiger partial charge in [-0.05, 0) is 45.4 Å². The van der Waals surface area contributed by atoms with E-state index in [2.05, 4.69) is 0 Å². The lowest BCUT2D eigenvalue weighted by atomic mass is 9.86. The molecule has 1 saturated heterocycles. The molecule has 1 amide bonds. The number of aliphatic hydroxyl groups excluding tert-OH is 1. The molecule has 0 radical (unpaired) electrons. The Morgan fingerprint density at radius 3 is 2.53 bits per heavy atom. The Hall–Kier alpha value is -0.570. The van der Waals surface area contributed by atoms with Crippen molar-refractivity contribution in [3.05, 3.63) is 0 Å². The summed E-state index contributed by atoms with van der Waals surface area (Å²) in [6, 6.07) is 0. The molecule has 0 aromatic heterocycles. The van der Waals surface area contributed by atoms with Gasteiger partial charge in [-0.3, -0.25) is 4.79 Å². The fraction of sp³-hybridized carbons (Fsp3) is 0.929. The Morgan fingerprint density at radius 2 is 1.88 bits per heavy atom. The summed E-state index contributed by atoms with van der Waals surface area (Å²) in [4.78, 5) is 14.2. The van der Waals surface area contributed by atoms with Crippen LogP contribution in [0.1, 0.15) is 58.8 Å². The number of likely N-dealkylation sites (tertiary alicyclic amines) is 1. The van der Waals surface area contributed by atoms with Gasteiger partial charge in [0.1, 0.15) is 0 Å². The molecule has 0 aromatic rings. The zero-order valence-electron chi connectivity index (χ0n) is 11.1. The molecule has 3 nitrogen and oxygen atoms in total. The molecule has 1 N–H and O–H groups in total. The van der Waals surface area contributed by atoms with Crippen molar-refractivity contribution >= 4 is 5.91 Å². The third-order valence-electron chi connectivity index (χ3n) is 4.61. The van der Waals surface area contributed by atoms with Gasteiger partial charge in [0.25, 0.3) is 0 Å². The van der Waals surface area contributed by atoms with E-state index in [4.69, 9.17) is 0 Å². The average molecular weight is 239 g/mol. The van der Waals surface area contributed by atoms with Crippen molar-refractivity contribution < 1.29 is 9.90 Å². The normalized spacial score (nSPS) is 29.6. The highest BCUT2D eigenvalue weighted by Gasteiger charge is 2.40. The summed E-state index contributed by atoms with van der Waals surface area (Å²) >= 11 is 0. The Balaban J connectivity index is 1.97. The van der Waals surface area contributed by atoms with Gasteiger partial charge in [-0.15, -0.1) is 0 Å². The molecule has 17 heavy (non-hydrogen) atoms. The third kappa shape index (κ3) is 2.65. The van der Waals surface area contributed by atoms with Crippen molar-refractivity contribution in [3.63, 3.8) is 0 Å². The molecule has 0 bridgehead atoms. The summed E-state index contributed by atoms with van der Waals surface area (Å²) in [5.74, 6) is 0.845. The molecule has 0 aromatic carbocycles. The van der Waals surface area contributed by atoms with E-state index in [0.29, 0.717) is 12.3 Å². The van der Waals surface area contributed by atoms with E-state index in [0.717, 1.165) is 19.4 Å². The number of hydrogen-bond acceptors (Lipinski definition) is 2. The minimum atomic E-state index is -0.381. The Morgan fingerprint density at radius 1 is 1.24 bits per heavy atom. The standard InChI is InChI=1S/C14H25NO2/c1-14(2)12(16)8-5-9-15(14)13(17)10-11-6-3-4-7-11/h11-12,16H,3-10H2,1-2H3. The predicted octanol–water partition coefficient (Wildman–Crippen LogP) is 2.33. The molecule has 3 heteroatoms. The van der Waals surface area contributed by atoms with Crippen LogP contribution in [0.15, 0.2) is 0 Å². The third-order valence-corrected chi connectivity index (χ3v) is 4.61. The van der Waals surface area contributed by atoms with Gasteiger partial charge in [0.05, 0.1) is 11.6 Å². The monoisotopic (exact) mass is 239 g/mol. The van der Waals surface area contributed by atoms with Gasteiger partial charge in [-0.1, -0.05) is 12.8 Å². The van der Waals surface area contributed by atoms with Crippen molar-refractivity contribution in [2.24, 2.45) is 5.92 Å². The minimum Gasteiger partial charge on any atom is -0.391 e. The van der Waals surface area contributed by atoms with Gasteiger partial charge in [0.2, 0.25) is 5.91 Å². The molecule has 2 aliphatic rings. The van der Waals surface area contributed by atoms with E-state index in [1.165, 1.54) is 25.7 Å². The van der Waals surface area contributed by atoms with E-state index in [-0.39, 0.29) is 17.6 Å². The number of carbonyl (C=O) groups excluding carboxylic acids is 1. The molecule has 1 heterocycles. The van der Waals surface area contributed by atoms with Crippen LogP contribution in [0, 0.1) is 5.92 Å². The quantitative estimate of drug-likeness (QED) is 0.803. The lowest BCUT2D eigenvalue weighted by Crippen LogP contribution is -2.58. The molecule has 1 atom stereocenters. The zero-order valence-corrected chi connectivity index (χ0v) is 11.1. The van der Waals surface area contributed by atoms with Gasteiger partial charge >= 0.3 is 0 Å². The number of rotatable bonds is 2. The largest absolute Gasteiger partial charge is 0.391 e. The second-order valence-electron chi connectivity index (χ2n) is 6.21. The van der Waals surface area contributed by atoms with Crippen LogP contribution in [0.4, 0.5) is 0 Å². The van der Waals surface area contributed by atoms with Crippen molar-refractivity contribution in [2.75, 3.05) is 6.54 Å². The molecule has 1 unspecified atom stereocenters. The second kappa shape index (κ2) is 4.97. The van der Waals surface area contributed by atoms with Crippen molar-refractivity contribution in [3.8, 4) is 0 Å². The minimum absolute atomic E-state index is 0.251. The summed E-state index contributed by atoms with van der Waals surface area (Å²) in [7, 11) is 0. The number of aliphatic hydroxyl groups is 1. The first-order chi connectivity index (χ1) is 8.01. The molecule has 2 rings (SSSR count). The molecular weight excluding hydrogens is 214 g/mol. The Labute approximate surface area is 104 Å². The number of hydrogen-bond donors (Lipinski definition) is 1. The summed E-state index contributed by atoms with van der Waals surface area (Å²) in [5, 5.41) is 10.0. The highest BCUT2D eigenvalue weighted by molar-refractivity contribution is 5.77. The lowest BCUT2D eigenvalue weighted by molar-refractivity contribution is -0.146. The van der Waals surface area contributed by atoms with Crippen molar-refractivity contribution in [1.29, 1.82) is 0 Å². The molecule has 98 valence electrons. The van der Waals surface area contributed by atoms with Crippen LogP contribution >= 0.6 is 0 Å². The van der Waals surface area contributed by atoms with E-state index >= 15 is 0 Å². The zero-order chi connectivity index (χ0) is 12.5. The predicted molar refractivity (Wildman–Crippen MR) is 67.6 cm³/mol. The summed E-state index contributed by atoms with van der Waals surface area (Å²) in [6.07, 6.45) is 7.06. The Kier molecular flexibility index (Phi) is 3.76. The molecule has 1 aliphatic carbocycles. The number of amides is 1. The molecular formula is C14H25NO2. The van der Waals surface area contributed by atoms with Gasteiger partial charge in [0, 0.05) is 13.0 Å². The van der Waals surface area contributed by atoms with Crippen LogP contribution in [0.2, 0.25) is 0 Å². The maximum atomic E-state index is 12.3. The summed E-state index contributed by atoms with van der Waals surface area (Å²) < 4.78 is 0. The number of piperidine rings is 1.